The number of benzene rings is 6. The lowest BCUT2D eigenvalue weighted by Crippen LogP contribution is -2.47. The highest BCUT2D eigenvalue weighted by Crippen LogP contribution is 2.43. The lowest BCUT2D eigenvalue weighted by Gasteiger charge is -2.36. The number of ketones is 1. The van der Waals surface area contributed by atoms with Crippen molar-refractivity contribution in [3.05, 3.63) is 197 Å². The normalized spacial score (nSPS) is 13.6. The molecule has 0 radical (unpaired) electrons. The SMILES string of the molecule is CCCc1nc2c(n1Cc1ccc(-c3ccccc3-c3nnnn3C(c3ccccc3)(c3ccccc3)c3ccccc3)cc1)C(=O)C(CCOc1ccc(N)c(N(C)C(=O)OC(C)(C)C)c1)NC2=O. The largest absolute Gasteiger partial charge is 0.493 e. The van der Waals surface area contributed by atoms with Crippen LogP contribution in [-0.2, 0) is 23.2 Å². The number of ether oxygens (including phenoxy) is 2. The van der Waals surface area contributed by atoms with E-state index in [1.54, 1.807) is 46.0 Å². The first kappa shape index (κ1) is 46.7. The number of amides is 2. The molecule has 0 bridgehead atoms. The molecule has 14 heteroatoms. The minimum Gasteiger partial charge on any atom is -0.493 e. The molecule has 3 N–H and O–H groups in total. The van der Waals surface area contributed by atoms with E-state index >= 15 is 0 Å². The molecule has 0 saturated carbocycles. The summed E-state index contributed by atoms with van der Waals surface area (Å²) >= 11 is 0. The summed E-state index contributed by atoms with van der Waals surface area (Å²) in [6.07, 6.45) is 0.979. The van der Waals surface area contributed by atoms with Crippen LogP contribution in [-0.4, -0.2) is 72.8 Å². The topological polar surface area (TPSA) is 172 Å². The number of nitrogen functional groups attached to an aromatic ring is 1. The summed E-state index contributed by atoms with van der Waals surface area (Å²) in [6, 6.07) is 51.4. The van der Waals surface area contributed by atoms with Crippen LogP contribution >= 0.6 is 0 Å². The zero-order chi connectivity index (χ0) is 49.0. The van der Waals surface area contributed by atoms with Crippen LogP contribution in [0.1, 0.15) is 89.6 Å². The van der Waals surface area contributed by atoms with Gasteiger partial charge in [0, 0.05) is 38.1 Å². The highest BCUT2D eigenvalue weighted by Gasteiger charge is 2.42. The molecule has 2 aromatic heterocycles. The van der Waals surface area contributed by atoms with Crippen molar-refractivity contribution < 1.29 is 23.9 Å². The second kappa shape index (κ2) is 19.7. The third kappa shape index (κ3) is 9.15. The van der Waals surface area contributed by atoms with Crippen LogP contribution in [0.5, 0.6) is 5.75 Å². The smallest absolute Gasteiger partial charge is 0.414 e. The summed E-state index contributed by atoms with van der Waals surface area (Å²) in [5.74, 6) is 1.04. The molecule has 0 fully saturated rings. The van der Waals surface area contributed by atoms with Crippen LogP contribution in [0.4, 0.5) is 16.2 Å². The quantitative estimate of drug-likeness (QED) is 0.0745. The number of anilines is 2. The summed E-state index contributed by atoms with van der Waals surface area (Å²) in [6.45, 7) is 7.83. The monoisotopic (exact) mass is 933 g/mol. The molecular formula is C56H55N9O5. The molecule has 70 heavy (non-hydrogen) atoms. The third-order valence-electron chi connectivity index (χ3n) is 12.4. The molecular weight excluding hydrogens is 879 g/mol. The highest BCUT2D eigenvalue weighted by molar-refractivity contribution is 6.13. The van der Waals surface area contributed by atoms with E-state index < -0.39 is 29.2 Å². The van der Waals surface area contributed by atoms with Gasteiger partial charge >= 0.3 is 6.09 Å². The molecule has 1 unspecified atom stereocenters. The van der Waals surface area contributed by atoms with Crippen molar-refractivity contribution in [1.29, 1.82) is 0 Å². The van der Waals surface area contributed by atoms with E-state index in [0.717, 1.165) is 45.4 Å². The first-order valence-electron chi connectivity index (χ1n) is 23.4. The van der Waals surface area contributed by atoms with Gasteiger partial charge in [-0.1, -0.05) is 146 Å². The van der Waals surface area contributed by atoms with Crippen molar-refractivity contribution in [2.45, 2.75) is 70.7 Å². The third-order valence-corrected chi connectivity index (χ3v) is 12.4. The van der Waals surface area contributed by atoms with Gasteiger partial charge in [-0.25, -0.2) is 14.5 Å². The average Bonchev–Trinajstić information content (AvgIpc) is 4.00. The number of carbonyl (C=O) groups is 3. The number of nitrogens with two attached hydrogens (primary N) is 1. The Morgan fingerprint density at radius 3 is 1.99 bits per heavy atom. The van der Waals surface area contributed by atoms with Gasteiger partial charge in [0.05, 0.1) is 24.0 Å². The first-order chi connectivity index (χ1) is 33.9. The Labute approximate surface area is 407 Å². The van der Waals surface area contributed by atoms with Crippen molar-refractivity contribution in [2.75, 3.05) is 24.3 Å². The maximum atomic E-state index is 14.3. The molecule has 14 nitrogen and oxygen atoms in total. The highest BCUT2D eigenvalue weighted by atomic mass is 16.6. The Morgan fingerprint density at radius 2 is 1.39 bits per heavy atom. The summed E-state index contributed by atoms with van der Waals surface area (Å²) < 4.78 is 15.4. The number of aryl methyl sites for hydroxylation is 1. The Bertz CT molecular complexity index is 3050. The number of nitrogens with one attached hydrogen (secondary N) is 1. The predicted molar refractivity (Wildman–Crippen MR) is 270 cm³/mol. The Hall–Kier alpha value is -8.39. The molecule has 354 valence electrons. The van der Waals surface area contributed by atoms with E-state index in [4.69, 9.17) is 30.5 Å². The molecule has 1 aliphatic heterocycles. The minimum atomic E-state index is -0.928. The van der Waals surface area contributed by atoms with Crippen LogP contribution in [0.3, 0.4) is 0 Å². The second-order valence-electron chi connectivity index (χ2n) is 18.3. The number of rotatable bonds is 15. The number of Topliss-reactive ketones (excluding diaryl/α,β-unsaturated/α-hetero) is 1. The molecule has 6 aromatic carbocycles. The summed E-state index contributed by atoms with van der Waals surface area (Å²) in [5.41, 5.74) is 12.4. The van der Waals surface area contributed by atoms with E-state index in [0.29, 0.717) is 41.7 Å². The Morgan fingerprint density at radius 1 is 0.786 bits per heavy atom. The van der Waals surface area contributed by atoms with E-state index in [-0.39, 0.29) is 30.2 Å². The summed E-state index contributed by atoms with van der Waals surface area (Å²) in [7, 11) is 1.57. The van der Waals surface area contributed by atoms with Gasteiger partial charge in [-0.2, -0.15) is 0 Å². The molecule has 0 saturated heterocycles. The molecule has 2 amide bonds. The van der Waals surface area contributed by atoms with Gasteiger partial charge in [0.2, 0.25) is 5.78 Å². The zero-order valence-corrected chi connectivity index (χ0v) is 39.9. The van der Waals surface area contributed by atoms with Gasteiger partial charge in [-0.3, -0.25) is 14.5 Å². The number of hydrogen-bond acceptors (Lipinski definition) is 10. The maximum Gasteiger partial charge on any atom is 0.414 e. The fourth-order valence-electron chi connectivity index (χ4n) is 9.17. The number of imidazole rings is 1. The van der Waals surface area contributed by atoms with Crippen LogP contribution in [0, 0.1) is 0 Å². The van der Waals surface area contributed by atoms with E-state index in [1.165, 1.54) is 4.90 Å². The molecule has 0 aliphatic carbocycles. The standard InChI is InChI=1S/C56H55N9O5/c1-6-18-48-59-49-50(51(66)46(58-53(49)67)33-34-69-42-31-32-45(57)47(35-42)63(5)54(68)70-55(2,3)4)64(48)36-37-27-29-38(30-28-37)43-25-16-17-26-44(43)52-60-61-62-65(52)56(39-19-10-7-11-20-39,40-21-12-8-13-22-40)41-23-14-9-15-24-41/h7-17,19-32,35,46H,6,18,33-34,36,57H2,1-5H3,(H,58,67). The van der Waals surface area contributed by atoms with E-state index in [2.05, 4.69) is 65.1 Å². The molecule has 9 rings (SSSR count). The van der Waals surface area contributed by atoms with E-state index in [1.807, 2.05) is 101 Å². The number of aromatic nitrogens is 6. The van der Waals surface area contributed by atoms with Crippen LogP contribution in [0.2, 0.25) is 0 Å². The number of fused-ring (bicyclic) bond motifs is 1. The van der Waals surface area contributed by atoms with Gasteiger partial charge in [-0.15, -0.1) is 5.10 Å². The van der Waals surface area contributed by atoms with Crippen LogP contribution < -0.4 is 20.7 Å². The van der Waals surface area contributed by atoms with Crippen molar-refractivity contribution in [3.63, 3.8) is 0 Å². The number of nitrogens with zero attached hydrogens (tertiary/aromatic N) is 7. The van der Waals surface area contributed by atoms with Crippen molar-refractivity contribution in [1.82, 2.24) is 35.1 Å². The van der Waals surface area contributed by atoms with Crippen LogP contribution in [0.25, 0.3) is 22.5 Å². The molecule has 0 spiro atoms. The van der Waals surface area contributed by atoms with Crippen molar-refractivity contribution >= 4 is 29.2 Å². The molecule has 8 aromatic rings. The van der Waals surface area contributed by atoms with Crippen LogP contribution in [0.15, 0.2) is 158 Å². The lowest BCUT2D eigenvalue weighted by atomic mass is 9.77. The van der Waals surface area contributed by atoms with Gasteiger partial charge < -0.3 is 25.1 Å². The van der Waals surface area contributed by atoms with Crippen molar-refractivity contribution in [3.8, 4) is 28.3 Å². The second-order valence-corrected chi connectivity index (χ2v) is 18.3. The number of tetrazole rings is 1. The lowest BCUT2D eigenvalue weighted by molar-refractivity contribution is 0.0589. The Kier molecular flexibility index (Phi) is 13.1. The fourth-order valence-corrected chi connectivity index (χ4v) is 9.17. The fraction of sp³-hybridized carbons (Fsp3) is 0.232. The number of carbonyl (C=O) groups excluding carboxylic acids is 3. The first-order valence-corrected chi connectivity index (χ1v) is 23.4. The number of hydrogen-bond donors (Lipinski definition) is 2. The van der Waals surface area contributed by atoms with Gasteiger partial charge in [0.15, 0.2) is 11.5 Å². The van der Waals surface area contributed by atoms with Gasteiger partial charge in [-0.05, 0) is 83.1 Å². The van der Waals surface area contributed by atoms with E-state index in [9.17, 15) is 14.4 Å². The summed E-state index contributed by atoms with van der Waals surface area (Å²) in [5, 5.41) is 16.7. The van der Waals surface area contributed by atoms with Gasteiger partial charge in [0.25, 0.3) is 5.91 Å². The predicted octanol–water partition coefficient (Wildman–Crippen LogP) is 9.76. The van der Waals surface area contributed by atoms with Crippen molar-refractivity contribution in [2.24, 2.45) is 0 Å². The molecule has 3 heterocycles. The minimum absolute atomic E-state index is 0.0997. The molecule has 1 atom stereocenters. The molecule has 1 aliphatic rings. The van der Waals surface area contributed by atoms with Gasteiger partial charge in [0.1, 0.15) is 28.4 Å². The zero-order valence-electron chi connectivity index (χ0n) is 39.9. The summed E-state index contributed by atoms with van der Waals surface area (Å²) in [4.78, 5) is 46.8. The Balaban J connectivity index is 0.985. The average molecular weight is 934 g/mol. The maximum absolute atomic E-state index is 14.3.